The predicted octanol–water partition coefficient (Wildman–Crippen LogP) is 2.18. The van der Waals surface area contributed by atoms with Gasteiger partial charge in [-0.05, 0) is 38.1 Å². The number of aryl methyl sites for hydroxylation is 1. The van der Waals surface area contributed by atoms with Crippen LogP contribution in [-0.4, -0.2) is 22.1 Å². The van der Waals surface area contributed by atoms with Crippen molar-refractivity contribution >= 4 is 5.91 Å². The first-order valence-electron chi connectivity index (χ1n) is 5.77. The third kappa shape index (κ3) is 2.74. The van der Waals surface area contributed by atoms with Crippen molar-refractivity contribution in [2.24, 2.45) is 0 Å². The Morgan fingerprint density at radius 2 is 1.89 bits per heavy atom. The van der Waals surface area contributed by atoms with Gasteiger partial charge in [-0.25, -0.2) is 0 Å². The van der Waals surface area contributed by atoms with E-state index in [1.54, 1.807) is 31.2 Å². The van der Waals surface area contributed by atoms with Crippen LogP contribution >= 0.6 is 0 Å². The summed E-state index contributed by atoms with van der Waals surface area (Å²) in [5.41, 5.74) is 1.42. The van der Waals surface area contributed by atoms with Crippen molar-refractivity contribution in [2.45, 2.75) is 26.8 Å². The standard InChI is InChI=1S/C13H15N3O2/c1-8(2)14-12(17)10-4-6-11(7-5-10)13-16-15-9(3)18-13/h4-8H,1-3H3,(H,14,17). The number of aromatic nitrogens is 2. The highest BCUT2D eigenvalue weighted by molar-refractivity contribution is 5.94. The van der Waals surface area contributed by atoms with Crippen LogP contribution in [0.5, 0.6) is 0 Å². The van der Waals surface area contributed by atoms with E-state index >= 15 is 0 Å². The lowest BCUT2D eigenvalue weighted by Crippen LogP contribution is -2.29. The third-order valence-corrected chi connectivity index (χ3v) is 2.34. The molecule has 0 aliphatic carbocycles. The van der Waals surface area contributed by atoms with E-state index < -0.39 is 0 Å². The molecule has 5 heteroatoms. The first-order chi connectivity index (χ1) is 8.56. The summed E-state index contributed by atoms with van der Waals surface area (Å²) in [6.45, 7) is 5.59. The van der Waals surface area contributed by atoms with Crippen LogP contribution in [0.25, 0.3) is 11.5 Å². The van der Waals surface area contributed by atoms with Gasteiger partial charge in [-0.1, -0.05) is 0 Å². The molecule has 0 aliphatic heterocycles. The monoisotopic (exact) mass is 245 g/mol. The fourth-order valence-electron chi connectivity index (χ4n) is 1.52. The van der Waals surface area contributed by atoms with Crippen LogP contribution in [0.15, 0.2) is 28.7 Å². The summed E-state index contributed by atoms with van der Waals surface area (Å²) in [6.07, 6.45) is 0. The molecule has 1 aromatic heterocycles. The molecule has 1 amide bonds. The summed E-state index contributed by atoms with van der Waals surface area (Å²) in [5, 5.41) is 10.5. The van der Waals surface area contributed by atoms with E-state index in [0.29, 0.717) is 17.3 Å². The minimum Gasteiger partial charge on any atom is -0.421 e. The van der Waals surface area contributed by atoms with Crippen molar-refractivity contribution in [3.05, 3.63) is 35.7 Å². The Hall–Kier alpha value is -2.17. The van der Waals surface area contributed by atoms with Crippen LogP contribution in [0.1, 0.15) is 30.1 Å². The van der Waals surface area contributed by atoms with Gasteiger partial charge in [-0.3, -0.25) is 4.79 Å². The van der Waals surface area contributed by atoms with E-state index in [2.05, 4.69) is 15.5 Å². The number of hydrogen-bond donors (Lipinski definition) is 1. The molecule has 0 aliphatic rings. The quantitative estimate of drug-likeness (QED) is 0.900. The van der Waals surface area contributed by atoms with E-state index in [0.717, 1.165) is 5.56 Å². The largest absolute Gasteiger partial charge is 0.421 e. The van der Waals surface area contributed by atoms with Crippen LogP contribution in [0.3, 0.4) is 0 Å². The molecule has 1 aromatic carbocycles. The van der Waals surface area contributed by atoms with Crippen molar-refractivity contribution in [1.29, 1.82) is 0 Å². The molecule has 1 heterocycles. The molecule has 0 spiro atoms. The molecule has 2 aromatic rings. The van der Waals surface area contributed by atoms with Crippen LogP contribution in [0.4, 0.5) is 0 Å². The van der Waals surface area contributed by atoms with Crippen molar-refractivity contribution < 1.29 is 9.21 Å². The van der Waals surface area contributed by atoms with Crippen molar-refractivity contribution in [2.75, 3.05) is 0 Å². The number of carbonyl (C=O) groups is 1. The molecule has 0 saturated heterocycles. The van der Waals surface area contributed by atoms with Gasteiger partial charge in [0.05, 0.1) is 0 Å². The average molecular weight is 245 g/mol. The van der Waals surface area contributed by atoms with E-state index in [-0.39, 0.29) is 11.9 Å². The summed E-state index contributed by atoms with van der Waals surface area (Å²) in [7, 11) is 0. The summed E-state index contributed by atoms with van der Waals surface area (Å²) in [5.74, 6) is 0.896. The number of benzene rings is 1. The Labute approximate surface area is 105 Å². The molecule has 0 radical (unpaired) electrons. The van der Waals surface area contributed by atoms with Gasteiger partial charge in [0, 0.05) is 24.1 Å². The number of rotatable bonds is 3. The smallest absolute Gasteiger partial charge is 0.251 e. The highest BCUT2D eigenvalue weighted by Crippen LogP contribution is 2.18. The molecule has 5 nitrogen and oxygen atoms in total. The molecule has 0 bridgehead atoms. The molecule has 2 rings (SSSR count). The molecule has 1 N–H and O–H groups in total. The molecule has 18 heavy (non-hydrogen) atoms. The van der Waals surface area contributed by atoms with Gasteiger partial charge >= 0.3 is 0 Å². The van der Waals surface area contributed by atoms with E-state index in [1.165, 1.54) is 0 Å². The minimum absolute atomic E-state index is 0.0849. The Morgan fingerprint density at radius 1 is 1.22 bits per heavy atom. The number of amides is 1. The fraction of sp³-hybridized carbons (Fsp3) is 0.308. The van der Waals surface area contributed by atoms with Crippen molar-refractivity contribution in [3.63, 3.8) is 0 Å². The molecule has 0 fully saturated rings. The first kappa shape index (κ1) is 12.3. The SMILES string of the molecule is Cc1nnc(-c2ccc(C(=O)NC(C)C)cc2)o1. The van der Waals surface area contributed by atoms with E-state index in [1.807, 2.05) is 13.8 Å². The Balaban J connectivity index is 2.17. The summed E-state index contributed by atoms with van der Waals surface area (Å²) >= 11 is 0. The van der Waals surface area contributed by atoms with Crippen LogP contribution in [0.2, 0.25) is 0 Å². The van der Waals surface area contributed by atoms with Gasteiger partial charge in [0.2, 0.25) is 11.8 Å². The molecule has 0 unspecified atom stereocenters. The zero-order valence-electron chi connectivity index (χ0n) is 10.6. The second-order valence-electron chi connectivity index (χ2n) is 4.33. The number of carbonyl (C=O) groups excluding carboxylic acids is 1. The van der Waals surface area contributed by atoms with Gasteiger partial charge in [-0.2, -0.15) is 0 Å². The topological polar surface area (TPSA) is 68.0 Å². The number of nitrogens with one attached hydrogen (secondary N) is 1. The maximum Gasteiger partial charge on any atom is 0.251 e. The fourth-order valence-corrected chi connectivity index (χ4v) is 1.52. The first-order valence-corrected chi connectivity index (χ1v) is 5.77. The molecule has 0 saturated carbocycles. The van der Waals surface area contributed by atoms with Crippen LogP contribution in [-0.2, 0) is 0 Å². The minimum atomic E-state index is -0.0849. The van der Waals surface area contributed by atoms with E-state index in [9.17, 15) is 4.79 Å². The highest BCUT2D eigenvalue weighted by Gasteiger charge is 2.09. The zero-order chi connectivity index (χ0) is 13.1. The Kier molecular flexibility index (Phi) is 3.41. The van der Waals surface area contributed by atoms with Crippen molar-refractivity contribution in [1.82, 2.24) is 15.5 Å². The molecule has 0 atom stereocenters. The van der Waals surface area contributed by atoms with Crippen LogP contribution < -0.4 is 5.32 Å². The molecular weight excluding hydrogens is 230 g/mol. The summed E-state index contributed by atoms with van der Waals surface area (Å²) in [6, 6.07) is 7.19. The van der Waals surface area contributed by atoms with Crippen molar-refractivity contribution in [3.8, 4) is 11.5 Å². The van der Waals surface area contributed by atoms with Gasteiger partial charge < -0.3 is 9.73 Å². The molecule has 94 valence electrons. The van der Waals surface area contributed by atoms with Crippen LogP contribution in [0, 0.1) is 6.92 Å². The van der Waals surface area contributed by atoms with E-state index in [4.69, 9.17) is 4.42 Å². The normalized spacial score (nSPS) is 10.7. The maximum absolute atomic E-state index is 11.7. The zero-order valence-corrected chi connectivity index (χ0v) is 10.6. The summed E-state index contributed by atoms with van der Waals surface area (Å²) in [4.78, 5) is 11.7. The Morgan fingerprint density at radius 3 is 2.39 bits per heavy atom. The predicted molar refractivity (Wildman–Crippen MR) is 67.1 cm³/mol. The van der Waals surface area contributed by atoms with Gasteiger partial charge in [-0.15, -0.1) is 10.2 Å². The second-order valence-corrected chi connectivity index (χ2v) is 4.33. The van der Waals surface area contributed by atoms with Gasteiger partial charge in [0.25, 0.3) is 5.91 Å². The lowest BCUT2D eigenvalue weighted by molar-refractivity contribution is 0.0943. The van der Waals surface area contributed by atoms with Gasteiger partial charge in [0.15, 0.2) is 0 Å². The second kappa shape index (κ2) is 5.00. The third-order valence-electron chi connectivity index (χ3n) is 2.34. The maximum atomic E-state index is 11.7. The average Bonchev–Trinajstić information content (AvgIpc) is 2.75. The number of nitrogens with zero attached hydrogens (tertiary/aromatic N) is 2. The molecular formula is C13H15N3O2. The highest BCUT2D eigenvalue weighted by atomic mass is 16.4. The lowest BCUT2D eigenvalue weighted by atomic mass is 10.1. The lowest BCUT2D eigenvalue weighted by Gasteiger charge is -2.08. The van der Waals surface area contributed by atoms with Gasteiger partial charge in [0.1, 0.15) is 0 Å². The Bertz CT molecular complexity index is 544. The summed E-state index contributed by atoms with van der Waals surface area (Å²) < 4.78 is 5.31. The number of hydrogen-bond acceptors (Lipinski definition) is 4.